The number of nitrogens with one attached hydrogen (secondary N) is 1. The fourth-order valence-electron chi connectivity index (χ4n) is 3.63. The Bertz CT molecular complexity index is 1250. The summed E-state index contributed by atoms with van der Waals surface area (Å²) in [4.78, 5) is 27.5. The molecule has 7 nitrogen and oxygen atoms in total. The maximum atomic E-state index is 13.3. The third-order valence-electron chi connectivity index (χ3n) is 5.70. The van der Waals surface area contributed by atoms with Gasteiger partial charge in [-0.2, -0.15) is 4.31 Å². The van der Waals surface area contributed by atoms with Gasteiger partial charge in [0.05, 0.1) is 11.4 Å². The number of fused-ring (bicyclic) bond motifs is 1. The largest absolute Gasteiger partial charge is 0.354 e. The predicted octanol–water partition coefficient (Wildman–Crippen LogP) is 3.40. The predicted molar refractivity (Wildman–Crippen MR) is 134 cm³/mol. The Hall–Kier alpha value is -3.23. The molecular weight excluding hydrogens is 450 g/mol. The second-order valence-corrected chi connectivity index (χ2v) is 10.3. The first-order chi connectivity index (χ1) is 16.2. The minimum absolute atomic E-state index is 0.116. The molecule has 34 heavy (non-hydrogen) atoms. The van der Waals surface area contributed by atoms with Gasteiger partial charge in [0.1, 0.15) is 6.04 Å². The Morgan fingerprint density at radius 2 is 1.59 bits per heavy atom. The van der Waals surface area contributed by atoms with Crippen molar-refractivity contribution < 1.29 is 18.0 Å². The van der Waals surface area contributed by atoms with Crippen LogP contribution < -0.4 is 5.32 Å². The van der Waals surface area contributed by atoms with Gasteiger partial charge < -0.3 is 10.2 Å². The summed E-state index contributed by atoms with van der Waals surface area (Å²) in [6.45, 7) is 3.93. The molecule has 1 N–H and O–H groups in total. The summed E-state index contributed by atoms with van der Waals surface area (Å²) in [5.41, 5.74) is 0.853. The number of hydrogen-bond acceptors (Lipinski definition) is 4. The van der Waals surface area contributed by atoms with Crippen LogP contribution in [0.15, 0.2) is 77.7 Å². The molecule has 1 unspecified atom stereocenters. The van der Waals surface area contributed by atoms with Crippen LogP contribution in [0.5, 0.6) is 0 Å². The zero-order valence-corrected chi connectivity index (χ0v) is 20.6. The molecule has 0 saturated carbocycles. The van der Waals surface area contributed by atoms with Crippen LogP contribution in [0.25, 0.3) is 10.8 Å². The average Bonchev–Trinajstić information content (AvgIpc) is 2.85. The molecular formula is C26H31N3O4S. The highest BCUT2D eigenvalue weighted by molar-refractivity contribution is 7.89. The molecule has 0 heterocycles. The van der Waals surface area contributed by atoms with Crippen molar-refractivity contribution in [3.05, 3.63) is 78.4 Å². The van der Waals surface area contributed by atoms with Crippen molar-refractivity contribution in [2.45, 2.75) is 37.8 Å². The number of amides is 2. The van der Waals surface area contributed by atoms with Gasteiger partial charge in [-0.3, -0.25) is 9.59 Å². The third kappa shape index (κ3) is 6.01. The second kappa shape index (κ2) is 11.3. The fraction of sp³-hybridized carbons (Fsp3) is 0.308. The number of carbonyl (C=O) groups excluding carboxylic acids is 2. The number of nitrogens with zero attached hydrogens (tertiary/aromatic N) is 2. The Morgan fingerprint density at radius 1 is 0.941 bits per heavy atom. The van der Waals surface area contributed by atoms with Gasteiger partial charge in [-0.15, -0.1) is 0 Å². The van der Waals surface area contributed by atoms with E-state index in [0.29, 0.717) is 6.54 Å². The Morgan fingerprint density at radius 3 is 2.26 bits per heavy atom. The SMILES string of the molecule is CCCNC(=O)C(C)N(Cc1ccccc1)C(=O)CN(C)S(=O)(=O)c1ccc2ccccc2c1. The first kappa shape index (κ1) is 25.4. The van der Waals surface area contributed by atoms with Crippen molar-refractivity contribution in [3.8, 4) is 0 Å². The highest BCUT2D eigenvalue weighted by atomic mass is 32.2. The Kier molecular flexibility index (Phi) is 8.41. The summed E-state index contributed by atoms with van der Waals surface area (Å²) < 4.78 is 27.5. The van der Waals surface area contributed by atoms with Crippen LogP contribution in [-0.2, 0) is 26.2 Å². The van der Waals surface area contributed by atoms with Crippen molar-refractivity contribution in [1.29, 1.82) is 0 Å². The molecule has 0 aromatic heterocycles. The smallest absolute Gasteiger partial charge is 0.243 e. The minimum atomic E-state index is -3.91. The molecule has 0 aliphatic carbocycles. The highest BCUT2D eigenvalue weighted by Gasteiger charge is 2.30. The number of rotatable bonds is 10. The minimum Gasteiger partial charge on any atom is -0.354 e. The van der Waals surface area contributed by atoms with Gasteiger partial charge in [0.25, 0.3) is 0 Å². The molecule has 3 rings (SSSR count). The van der Waals surface area contributed by atoms with Crippen molar-refractivity contribution >= 4 is 32.6 Å². The number of carbonyl (C=O) groups is 2. The van der Waals surface area contributed by atoms with Gasteiger partial charge in [-0.25, -0.2) is 8.42 Å². The Labute approximate surface area is 201 Å². The van der Waals surface area contributed by atoms with Gasteiger partial charge in [-0.1, -0.05) is 67.6 Å². The zero-order valence-electron chi connectivity index (χ0n) is 19.8. The molecule has 0 aliphatic heterocycles. The molecule has 0 spiro atoms. The van der Waals surface area contributed by atoms with Crippen molar-refractivity contribution in [3.63, 3.8) is 0 Å². The van der Waals surface area contributed by atoms with E-state index in [2.05, 4.69) is 5.32 Å². The van der Waals surface area contributed by atoms with Crippen LogP contribution in [0.3, 0.4) is 0 Å². The van der Waals surface area contributed by atoms with Crippen LogP contribution in [-0.4, -0.2) is 55.6 Å². The quantitative estimate of drug-likeness (QED) is 0.481. The maximum Gasteiger partial charge on any atom is 0.243 e. The monoisotopic (exact) mass is 481 g/mol. The lowest BCUT2D eigenvalue weighted by Crippen LogP contribution is -2.50. The van der Waals surface area contributed by atoms with E-state index in [1.165, 1.54) is 11.9 Å². The van der Waals surface area contributed by atoms with E-state index in [1.54, 1.807) is 25.1 Å². The molecule has 3 aromatic rings. The third-order valence-corrected chi connectivity index (χ3v) is 7.50. The van der Waals surface area contributed by atoms with Crippen molar-refractivity contribution in [1.82, 2.24) is 14.5 Å². The normalized spacial score (nSPS) is 12.5. The lowest BCUT2D eigenvalue weighted by atomic mass is 10.1. The summed E-state index contributed by atoms with van der Waals surface area (Å²) in [7, 11) is -2.53. The summed E-state index contributed by atoms with van der Waals surface area (Å²) in [6.07, 6.45) is 0.776. The number of likely N-dealkylation sites (N-methyl/N-ethyl adjacent to an activating group) is 1. The second-order valence-electron chi connectivity index (χ2n) is 8.24. The van der Waals surface area contributed by atoms with E-state index < -0.39 is 22.0 Å². The maximum absolute atomic E-state index is 13.3. The molecule has 0 bridgehead atoms. The topological polar surface area (TPSA) is 86.8 Å². The average molecular weight is 482 g/mol. The molecule has 8 heteroatoms. The van der Waals surface area contributed by atoms with Crippen LogP contribution in [0.4, 0.5) is 0 Å². The first-order valence-corrected chi connectivity index (χ1v) is 12.7. The van der Waals surface area contributed by atoms with Crippen LogP contribution >= 0.6 is 0 Å². The number of hydrogen-bond donors (Lipinski definition) is 1. The van der Waals surface area contributed by atoms with Crippen LogP contribution in [0.1, 0.15) is 25.8 Å². The van der Waals surface area contributed by atoms with Gasteiger partial charge in [0.15, 0.2) is 0 Å². The first-order valence-electron chi connectivity index (χ1n) is 11.3. The molecule has 180 valence electrons. The molecule has 0 aliphatic rings. The summed E-state index contributed by atoms with van der Waals surface area (Å²) in [6, 6.07) is 21.0. The van der Waals surface area contributed by atoms with E-state index in [4.69, 9.17) is 0 Å². The Balaban J connectivity index is 1.82. The molecule has 2 amide bonds. The van der Waals surface area contributed by atoms with Crippen molar-refractivity contribution in [2.75, 3.05) is 20.1 Å². The lowest BCUT2D eigenvalue weighted by Gasteiger charge is -2.30. The van der Waals surface area contributed by atoms with Gasteiger partial charge in [0.2, 0.25) is 21.8 Å². The standard InChI is InChI=1S/C26H31N3O4S/c1-4-16-27-26(31)20(2)29(18-21-10-6-5-7-11-21)25(30)19-28(3)34(32,33)24-15-14-22-12-8-9-13-23(22)17-24/h5-15,17,20H,4,16,18-19H2,1-3H3,(H,27,31). The summed E-state index contributed by atoms with van der Waals surface area (Å²) >= 11 is 0. The van der Waals surface area contributed by atoms with Crippen molar-refractivity contribution in [2.24, 2.45) is 0 Å². The molecule has 0 saturated heterocycles. The van der Waals surface area contributed by atoms with Crippen LogP contribution in [0.2, 0.25) is 0 Å². The lowest BCUT2D eigenvalue weighted by molar-refractivity contribution is -0.140. The molecule has 1 atom stereocenters. The van der Waals surface area contributed by atoms with Crippen LogP contribution in [0, 0.1) is 0 Å². The highest BCUT2D eigenvalue weighted by Crippen LogP contribution is 2.21. The molecule has 0 fully saturated rings. The van der Waals surface area contributed by atoms with E-state index in [0.717, 1.165) is 27.1 Å². The molecule has 3 aromatic carbocycles. The zero-order chi connectivity index (χ0) is 24.7. The summed E-state index contributed by atoms with van der Waals surface area (Å²) in [5, 5.41) is 4.55. The fourth-order valence-corrected chi connectivity index (χ4v) is 4.79. The van der Waals surface area contributed by atoms with E-state index >= 15 is 0 Å². The number of benzene rings is 3. The van der Waals surface area contributed by atoms with E-state index in [9.17, 15) is 18.0 Å². The summed E-state index contributed by atoms with van der Waals surface area (Å²) in [5.74, 6) is -0.721. The van der Waals surface area contributed by atoms with E-state index in [-0.39, 0.29) is 23.9 Å². The molecule has 0 radical (unpaired) electrons. The van der Waals surface area contributed by atoms with Gasteiger partial charge in [-0.05, 0) is 41.8 Å². The van der Waals surface area contributed by atoms with Gasteiger partial charge in [0, 0.05) is 20.1 Å². The number of sulfonamides is 1. The van der Waals surface area contributed by atoms with E-state index in [1.807, 2.05) is 61.5 Å². The van der Waals surface area contributed by atoms with Gasteiger partial charge >= 0.3 is 0 Å².